The topological polar surface area (TPSA) is 124 Å². The summed E-state index contributed by atoms with van der Waals surface area (Å²) < 4.78 is 5.35. The van der Waals surface area contributed by atoms with Crippen molar-refractivity contribution < 1.29 is 14.3 Å². The van der Waals surface area contributed by atoms with E-state index in [1.165, 1.54) is 12.1 Å². The molecular formula is C12H12N4O5. The second-order valence-electron chi connectivity index (χ2n) is 4.32. The van der Waals surface area contributed by atoms with Crippen LogP contribution < -0.4 is 5.32 Å². The molecule has 21 heavy (non-hydrogen) atoms. The summed E-state index contributed by atoms with van der Waals surface area (Å²) in [6.45, 7) is 3.70. The van der Waals surface area contributed by atoms with Crippen molar-refractivity contribution in [3.8, 4) is 0 Å². The number of rotatable bonds is 5. The zero-order valence-corrected chi connectivity index (χ0v) is 11.3. The minimum absolute atomic E-state index is 0.146. The van der Waals surface area contributed by atoms with Crippen molar-refractivity contribution in [1.29, 1.82) is 0 Å². The summed E-state index contributed by atoms with van der Waals surface area (Å²) in [5.74, 6) is 1.06. The SMILES string of the molecule is Cc1nc(CNc2ccc([N+](=O)[O-])cc2[N+](=O)[O-])oc1C. The Bertz CT molecular complexity index is 690. The Morgan fingerprint density at radius 2 is 1.95 bits per heavy atom. The molecule has 0 atom stereocenters. The molecule has 2 aromatic rings. The van der Waals surface area contributed by atoms with Gasteiger partial charge in [0.15, 0.2) is 0 Å². The summed E-state index contributed by atoms with van der Waals surface area (Å²) in [6.07, 6.45) is 0. The van der Waals surface area contributed by atoms with Gasteiger partial charge in [-0.15, -0.1) is 0 Å². The van der Waals surface area contributed by atoms with Gasteiger partial charge in [-0.2, -0.15) is 0 Å². The highest BCUT2D eigenvalue weighted by atomic mass is 16.6. The van der Waals surface area contributed by atoms with Crippen LogP contribution >= 0.6 is 0 Å². The third kappa shape index (κ3) is 3.14. The Kier molecular flexibility index (Phi) is 3.83. The molecule has 0 saturated carbocycles. The van der Waals surface area contributed by atoms with Gasteiger partial charge in [-0.3, -0.25) is 20.2 Å². The van der Waals surface area contributed by atoms with Gasteiger partial charge >= 0.3 is 0 Å². The molecule has 0 unspecified atom stereocenters. The lowest BCUT2D eigenvalue weighted by Crippen LogP contribution is -2.03. The van der Waals surface area contributed by atoms with Crippen molar-refractivity contribution in [2.75, 3.05) is 5.32 Å². The van der Waals surface area contributed by atoms with Crippen LogP contribution in [0, 0.1) is 34.1 Å². The lowest BCUT2D eigenvalue weighted by atomic mass is 10.2. The van der Waals surface area contributed by atoms with Gasteiger partial charge in [0.25, 0.3) is 11.4 Å². The number of oxazole rings is 1. The molecule has 1 N–H and O–H groups in total. The van der Waals surface area contributed by atoms with E-state index in [1.54, 1.807) is 13.8 Å². The number of aryl methyl sites for hydroxylation is 2. The maximum atomic E-state index is 11.0. The molecule has 1 aromatic heterocycles. The molecule has 1 aromatic carbocycles. The highest BCUT2D eigenvalue weighted by Gasteiger charge is 2.19. The van der Waals surface area contributed by atoms with Crippen molar-refractivity contribution in [1.82, 2.24) is 4.98 Å². The first-order valence-electron chi connectivity index (χ1n) is 5.98. The first-order valence-corrected chi connectivity index (χ1v) is 5.98. The number of nitrogens with one attached hydrogen (secondary N) is 1. The molecular weight excluding hydrogens is 280 g/mol. The summed E-state index contributed by atoms with van der Waals surface area (Å²) in [7, 11) is 0. The van der Waals surface area contributed by atoms with Crippen LogP contribution in [0.25, 0.3) is 0 Å². The minimum Gasteiger partial charge on any atom is -0.444 e. The van der Waals surface area contributed by atoms with E-state index in [2.05, 4.69) is 10.3 Å². The zero-order valence-electron chi connectivity index (χ0n) is 11.3. The summed E-state index contributed by atoms with van der Waals surface area (Å²) >= 11 is 0. The molecule has 0 aliphatic carbocycles. The van der Waals surface area contributed by atoms with E-state index in [0.717, 1.165) is 11.8 Å². The molecule has 0 radical (unpaired) electrons. The quantitative estimate of drug-likeness (QED) is 0.663. The normalized spacial score (nSPS) is 10.4. The van der Waals surface area contributed by atoms with E-state index in [4.69, 9.17) is 4.42 Å². The number of hydrogen-bond donors (Lipinski definition) is 1. The third-order valence-electron chi connectivity index (χ3n) is 2.89. The molecule has 0 bridgehead atoms. The predicted octanol–water partition coefficient (Wildman–Crippen LogP) is 2.72. The van der Waals surface area contributed by atoms with E-state index >= 15 is 0 Å². The van der Waals surface area contributed by atoms with Crippen LogP contribution in [-0.4, -0.2) is 14.8 Å². The number of anilines is 1. The Balaban J connectivity index is 2.23. The van der Waals surface area contributed by atoms with Gasteiger partial charge in [0.05, 0.1) is 28.2 Å². The lowest BCUT2D eigenvalue weighted by molar-refractivity contribution is -0.393. The average Bonchev–Trinajstić information content (AvgIpc) is 2.75. The fourth-order valence-corrected chi connectivity index (χ4v) is 1.72. The van der Waals surface area contributed by atoms with Crippen LogP contribution in [0.15, 0.2) is 22.6 Å². The first kappa shape index (κ1) is 14.4. The second-order valence-corrected chi connectivity index (χ2v) is 4.32. The fraction of sp³-hybridized carbons (Fsp3) is 0.250. The number of nitro groups is 2. The van der Waals surface area contributed by atoms with Gasteiger partial charge in [-0.05, 0) is 19.9 Å². The number of aromatic nitrogens is 1. The van der Waals surface area contributed by atoms with Crippen LogP contribution in [0.3, 0.4) is 0 Å². The van der Waals surface area contributed by atoms with Gasteiger partial charge in [0.1, 0.15) is 11.4 Å². The Morgan fingerprint density at radius 1 is 1.24 bits per heavy atom. The Morgan fingerprint density at radius 3 is 2.48 bits per heavy atom. The molecule has 1 heterocycles. The van der Waals surface area contributed by atoms with E-state index in [9.17, 15) is 20.2 Å². The zero-order chi connectivity index (χ0) is 15.6. The summed E-state index contributed by atoms with van der Waals surface area (Å²) in [4.78, 5) is 24.4. The summed E-state index contributed by atoms with van der Waals surface area (Å²) in [5.41, 5.74) is 0.198. The largest absolute Gasteiger partial charge is 0.444 e. The first-order chi connectivity index (χ1) is 9.88. The van der Waals surface area contributed by atoms with E-state index in [-0.39, 0.29) is 23.6 Å². The average molecular weight is 292 g/mol. The standard InChI is InChI=1S/C12H12N4O5/c1-7-8(2)21-12(14-7)6-13-10-4-3-9(15(17)18)5-11(10)16(19)20/h3-5,13H,6H2,1-2H3. The number of benzene rings is 1. The molecule has 2 rings (SSSR count). The summed E-state index contributed by atoms with van der Waals surface area (Å²) in [5, 5.41) is 24.4. The van der Waals surface area contributed by atoms with Crippen LogP contribution in [0.4, 0.5) is 17.1 Å². The van der Waals surface area contributed by atoms with Gasteiger partial charge < -0.3 is 9.73 Å². The number of non-ortho nitro benzene ring substituents is 1. The second kappa shape index (κ2) is 5.57. The Labute approximate surface area is 118 Å². The van der Waals surface area contributed by atoms with Gasteiger partial charge in [-0.25, -0.2) is 4.98 Å². The Hall–Kier alpha value is -2.97. The molecule has 0 saturated heterocycles. The predicted molar refractivity (Wildman–Crippen MR) is 73.1 cm³/mol. The number of hydrogen-bond acceptors (Lipinski definition) is 7. The van der Waals surface area contributed by atoms with Crippen LogP contribution in [0.2, 0.25) is 0 Å². The number of nitrogens with zero attached hydrogens (tertiary/aromatic N) is 3. The monoisotopic (exact) mass is 292 g/mol. The van der Waals surface area contributed by atoms with Crippen molar-refractivity contribution in [3.05, 3.63) is 55.8 Å². The minimum atomic E-state index is -0.683. The van der Waals surface area contributed by atoms with Crippen molar-refractivity contribution in [2.45, 2.75) is 20.4 Å². The molecule has 110 valence electrons. The fourth-order valence-electron chi connectivity index (χ4n) is 1.72. The van der Waals surface area contributed by atoms with E-state index < -0.39 is 9.85 Å². The maximum Gasteiger partial charge on any atom is 0.299 e. The van der Waals surface area contributed by atoms with E-state index in [0.29, 0.717) is 11.7 Å². The van der Waals surface area contributed by atoms with Crippen molar-refractivity contribution >= 4 is 17.1 Å². The molecule has 9 heteroatoms. The molecule has 0 spiro atoms. The summed E-state index contributed by atoms with van der Waals surface area (Å²) in [6, 6.07) is 3.40. The van der Waals surface area contributed by atoms with Crippen LogP contribution in [0.5, 0.6) is 0 Å². The third-order valence-corrected chi connectivity index (χ3v) is 2.89. The van der Waals surface area contributed by atoms with Gasteiger partial charge in [0, 0.05) is 6.07 Å². The van der Waals surface area contributed by atoms with Crippen molar-refractivity contribution in [3.63, 3.8) is 0 Å². The molecule has 0 aliphatic heterocycles. The van der Waals surface area contributed by atoms with Crippen LogP contribution in [0.1, 0.15) is 17.3 Å². The van der Waals surface area contributed by atoms with Gasteiger partial charge in [0.2, 0.25) is 5.89 Å². The van der Waals surface area contributed by atoms with Gasteiger partial charge in [-0.1, -0.05) is 0 Å². The highest BCUT2D eigenvalue weighted by Crippen LogP contribution is 2.29. The van der Waals surface area contributed by atoms with Crippen LogP contribution in [-0.2, 0) is 6.54 Å². The lowest BCUT2D eigenvalue weighted by Gasteiger charge is -2.04. The maximum absolute atomic E-state index is 11.0. The molecule has 9 nitrogen and oxygen atoms in total. The smallest absolute Gasteiger partial charge is 0.299 e. The van der Waals surface area contributed by atoms with E-state index in [1.807, 2.05) is 0 Å². The highest BCUT2D eigenvalue weighted by molar-refractivity contribution is 5.65. The molecule has 0 aliphatic rings. The molecule has 0 amide bonds. The number of nitro benzene ring substituents is 2. The molecule has 0 fully saturated rings. The van der Waals surface area contributed by atoms with Crippen molar-refractivity contribution in [2.24, 2.45) is 0 Å².